The number of carbonyl (C=O) groups is 1. The Labute approximate surface area is 150 Å². The van der Waals surface area contributed by atoms with Gasteiger partial charge >= 0.3 is 0 Å². The summed E-state index contributed by atoms with van der Waals surface area (Å²) in [7, 11) is 0. The number of hydrogen-bond donors (Lipinski definition) is 2. The molecule has 0 saturated heterocycles. The minimum atomic E-state index is -0.208. The lowest BCUT2D eigenvalue weighted by molar-refractivity contribution is -0.123. The molecule has 0 aliphatic heterocycles. The lowest BCUT2D eigenvalue weighted by Gasteiger charge is -2.11. The molecule has 0 heterocycles. The highest BCUT2D eigenvalue weighted by molar-refractivity contribution is 6.30. The quantitative estimate of drug-likeness (QED) is 0.653. The van der Waals surface area contributed by atoms with Gasteiger partial charge in [-0.3, -0.25) is 4.79 Å². The third kappa shape index (κ3) is 4.17. The van der Waals surface area contributed by atoms with Gasteiger partial charge in [0.15, 0.2) is 6.61 Å². The molecule has 4 nitrogen and oxygen atoms in total. The van der Waals surface area contributed by atoms with Gasteiger partial charge in [-0.05, 0) is 35.2 Å². The zero-order valence-corrected chi connectivity index (χ0v) is 14.2. The molecule has 0 fully saturated rings. The average Bonchev–Trinajstić information content (AvgIpc) is 2.64. The number of hydrogen-bond acceptors (Lipinski definition) is 3. The standard InChI is InChI=1S/C20H17ClN2O2/c21-16-5-3-4-14(10-16)12-23-20(24)13-25-19-9-8-15(11-22)17-6-1-2-7-18(17)19/h1-11,22H,12-13H2,(H,23,24). The van der Waals surface area contributed by atoms with Crippen LogP contribution in [0, 0.1) is 5.41 Å². The molecular formula is C20H17ClN2O2. The number of rotatable bonds is 6. The summed E-state index contributed by atoms with van der Waals surface area (Å²) in [5, 5.41) is 12.7. The fourth-order valence-corrected chi connectivity index (χ4v) is 2.80. The highest BCUT2D eigenvalue weighted by Crippen LogP contribution is 2.27. The topological polar surface area (TPSA) is 62.2 Å². The van der Waals surface area contributed by atoms with Crippen LogP contribution in [-0.2, 0) is 11.3 Å². The van der Waals surface area contributed by atoms with Gasteiger partial charge in [-0.1, -0.05) is 48.0 Å². The molecule has 0 saturated carbocycles. The van der Waals surface area contributed by atoms with E-state index in [0.29, 0.717) is 17.3 Å². The van der Waals surface area contributed by atoms with E-state index in [1.54, 1.807) is 12.1 Å². The molecule has 0 aliphatic rings. The van der Waals surface area contributed by atoms with E-state index in [1.807, 2.05) is 48.5 Å². The Kier molecular flexibility index (Phi) is 5.31. The monoisotopic (exact) mass is 352 g/mol. The molecule has 2 N–H and O–H groups in total. The zero-order chi connectivity index (χ0) is 17.6. The van der Waals surface area contributed by atoms with Gasteiger partial charge in [0.1, 0.15) is 5.75 Å². The van der Waals surface area contributed by atoms with E-state index in [1.165, 1.54) is 6.21 Å². The van der Waals surface area contributed by atoms with Crippen molar-refractivity contribution in [3.8, 4) is 5.75 Å². The highest BCUT2D eigenvalue weighted by Gasteiger charge is 2.08. The molecule has 0 atom stereocenters. The van der Waals surface area contributed by atoms with Crippen molar-refractivity contribution < 1.29 is 9.53 Å². The van der Waals surface area contributed by atoms with Gasteiger partial charge in [0.25, 0.3) is 5.91 Å². The first-order valence-corrected chi connectivity index (χ1v) is 8.21. The van der Waals surface area contributed by atoms with Gasteiger partial charge < -0.3 is 15.5 Å². The second kappa shape index (κ2) is 7.81. The van der Waals surface area contributed by atoms with Crippen molar-refractivity contribution in [1.82, 2.24) is 5.32 Å². The maximum Gasteiger partial charge on any atom is 0.258 e. The smallest absolute Gasteiger partial charge is 0.258 e. The van der Waals surface area contributed by atoms with Crippen LogP contribution in [0.4, 0.5) is 0 Å². The van der Waals surface area contributed by atoms with Gasteiger partial charge in [0.05, 0.1) is 0 Å². The predicted molar refractivity (Wildman–Crippen MR) is 101 cm³/mol. The van der Waals surface area contributed by atoms with Gasteiger partial charge in [-0.2, -0.15) is 0 Å². The molecule has 0 spiro atoms. The van der Waals surface area contributed by atoms with Crippen LogP contribution >= 0.6 is 11.6 Å². The van der Waals surface area contributed by atoms with Gasteiger partial charge in [-0.15, -0.1) is 0 Å². The Morgan fingerprint density at radius 1 is 1.08 bits per heavy atom. The van der Waals surface area contributed by atoms with Gasteiger partial charge in [-0.25, -0.2) is 0 Å². The van der Waals surface area contributed by atoms with Crippen LogP contribution in [0.25, 0.3) is 10.8 Å². The lowest BCUT2D eigenvalue weighted by atomic mass is 10.0. The molecule has 3 aromatic carbocycles. The number of nitrogens with one attached hydrogen (secondary N) is 2. The molecule has 0 unspecified atom stereocenters. The van der Waals surface area contributed by atoms with E-state index >= 15 is 0 Å². The van der Waals surface area contributed by atoms with Crippen molar-refractivity contribution in [2.75, 3.05) is 6.61 Å². The van der Waals surface area contributed by atoms with Crippen LogP contribution in [0.15, 0.2) is 60.7 Å². The maximum atomic E-state index is 12.0. The zero-order valence-electron chi connectivity index (χ0n) is 13.5. The molecule has 0 bridgehead atoms. The summed E-state index contributed by atoms with van der Waals surface area (Å²) in [6.45, 7) is 0.324. The summed E-state index contributed by atoms with van der Waals surface area (Å²) in [5.41, 5.74) is 1.75. The van der Waals surface area contributed by atoms with Crippen LogP contribution in [0.2, 0.25) is 5.02 Å². The Hall–Kier alpha value is -2.85. The summed E-state index contributed by atoms with van der Waals surface area (Å²) in [4.78, 5) is 12.0. The number of benzene rings is 3. The number of halogens is 1. The first kappa shape index (κ1) is 17.0. The minimum Gasteiger partial charge on any atom is -0.483 e. The Morgan fingerprint density at radius 3 is 2.64 bits per heavy atom. The Balaban J connectivity index is 1.64. The van der Waals surface area contributed by atoms with E-state index in [2.05, 4.69) is 5.32 Å². The van der Waals surface area contributed by atoms with E-state index in [4.69, 9.17) is 21.7 Å². The summed E-state index contributed by atoms with van der Waals surface area (Å²) in [5.74, 6) is 0.416. The van der Waals surface area contributed by atoms with Crippen LogP contribution < -0.4 is 10.1 Å². The van der Waals surface area contributed by atoms with Crippen molar-refractivity contribution in [3.63, 3.8) is 0 Å². The fourth-order valence-electron chi connectivity index (χ4n) is 2.59. The summed E-state index contributed by atoms with van der Waals surface area (Å²) < 4.78 is 5.68. The van der Waals surface area contributed by atoms with Gasteiger partial charge in [0.2, 0.25) is 0 Å². The molecule has 0 radical (unpaired) electrons. The van der Waals surface area contributed by atoms with Crippen molar-refractivity contribution in [1.29, 1.82) is 5.41 Å². The molecule has 3 rings (SSSR count). The maximum absolute atomic E-state index is 12.0. The summed E-state index contributed by atoms with van der Waals surface area (Å²) >= 11 is 5.93. The van der Waals surface area contributed by atoms with Crippen molar-refractivity contribution in [2.24, 2.45) is 0 Å². The average molecular weight is 353 g/mol. The second-order valence-corrected chi connectivity index (χ2v) is 5.97. The van der Waals surface area contributed by atoms with Crippen molar-refractivity contribution in [3.05, 3.63) is 76.8 Å². The van der Waals surface area contributed by atoms with Gasteiger partial charge in [0, 0.05) is 28.7 Å². The van der Waals surface area contributed by atoms with Crippen LogP contribution in [0.1, 0.15) is 11.1 Å². The largest absolute Gasteiger partial charge is 0.483 e. The SMILES string of the molecule is N=Cc1ccc(OCC(=O)NCc2cccc(Cl)c2)c2ccccc12. The highest BCUT2D eigenvalue weighted by atomic mass is 35.5. The first-order valence-electron chi connectivity index (χ1n) is 7.83. The molecule has 3 aromatic rings. The van der Waals surface area contributed by atoms with E-state index in [-0.39, 0.29) is 12.5 Å². The molecule has 5 heteroatoms. The fraction of sp³-hybridized carbons (Fsp3) is 0.100. The third-order valence-corrected chi connectivity index (χ3v) is 4.05. The Morgan fingerprint density at radius 2 is 1.88 bits per heavy atom. The summed E-state index contributed by atoms with van der Waals surface area (Å²) in [6, 6.07) is 18.6. The van der Waals surface area contributed by atoms with E-state index in [9.17, 15) is 4.79 Å². The van der Waals surface area contributed by atoms with Crippen LogP contribution in [0.5, 0.6) is 5.75 Å². The third-order valence-electron chi connectivity index (χ3n) is 3.81. The Bertz CT molecular complexity index is 924. The number of ether oxygens (including phenoxy) is 1. The number of amides is 1. The first-order chi connectivity index (χ1) is 12.2. The van der Waals surface area contributed by atoms with Crippen molar-refractivity contribution in [2.45, 2.75) is 6.54 Å². The molecule has 0 aliphatic carbocycles. The summed E-state index contributed by atoms with van der Waals surface area (Å²) in [6.07, 6.45) is 1.31. The van der Waals surface area contributed by atoms with E-state index in [0.717, 1.165) is 21.9 Å². The lowest BCUT2D eigenvalue weighted by Crippen LogP contribution is -2.28. The number of fused-ring (bicyclic) bond motifs is 1. The van der Waals surface area contributed by atoms with Crippen LogP contribution in [-0.4, -0.2) is 18.7 Å². The predicted octanol–water partition coefficient (Wildman–Crippen LogP) is 4.19. The molecule has 1 amide bonds. The van der Waals surface area contributed by atoms with Crippen molar-refractivity contribution >= 4 is 34.5 Å². The second-order valence-electron chi connectivity index (χ2n) is 5.54. The normalized spacial score (nSPS) is 10.4. The minimum absolute atomic E-state index is 0.0749. The molecule has 0 aromatic heterocycles. The molecule has 25 heavy (non-hydrogen) atoms. The number of carbonyl (C=O) groups excluding carboxylic acids is 1. The van der Waals surface area contributed by atoms with E-state index < -0.39 is 0 Å². The van der Waals surface area contributed by atoms with Crippen LogP contribution in [0.3, 0.4) is 0 Å². The molecular weight excluding hydrogens is 336 g/mol. The molecule has 126 valence electrons.